The number of aromatic nitrogens is 6. The maximum absolute atomic E-state index is 5.87. The molecule has 0 aliphatic heterocycles. The summed E-state index contributed by atoms with van der Waals surface area (Å²) >= 11 is 1.57. The number of benzene rings is 1. The first-order valence-corrected chi connectivity index (χ1v) is 10.1. The Morgan fingerprint density at radius 2 is 1.96 bits per heavy atom. The maximum atomic E-state index is 5.87. The zero-order valence-corrected chi connectivity index (χ0v) is 17.7. The van der Waals surface area contributed by atoms with E-state index >= 15 is 0 Å². The Morgan fingerprint density at radius 1 is 1.18 bits per heavy atom. The molecule has 9 heteroatoms. The monoisotopic (exact) mass is 398 g/mol. The standard InChI is InChI=1S/C19H26N8S/c1-6-10-27-16(14-9-7-8-12(2)11-14)24-25-19(27)28-13(3)15-21-17(20)23-18(22-15)26(4)5/h7-9,11,13H,6,10H2,1-5H3,(H2,20,21,22,23). The van der Waals surface area contributed by atoms with Gasteiger partial charge in [-0.1, -0.05) is 42.4 Å². The minimum atomic E-state index is -0.0471. The van der Waals surface area contributed by atoms with Gasteiger partial charge in [-0.05, 0) is 26.3 Å². The minimum Gasteiger partial charge on any atom is -0.368 e. The zero-order chi connectivity index (χ0) is 20.3. The third-order valence-electron chi connectivity index (χ3n) is 4.14. The first-order chi connectivity index (χ1) is 13.4. The van der Waals surface area contributed by atoms with Gasteiger partial charge in [0.2, 0.25) is 11.9 Å². The molecule has 0 saturated heterocycles. The number of hydrogen-bond donors (Lipinski definition) is 1. The van der Waals surface area contributed by atoms with E-state index in [1.807, 2.05) is 32.0 Å². The Bertz CT molecular complexity index is 953. The lowest BCUT2D eigenvalue weighted by Gasteiger charge is -2.15. The third kappa shape index (κ3) is 4.41. The molecular weight excluding hydrogens is 372 g/mol. The average Bonchev–Trinajstić information content (AvgIpc) is 3.04. The van der Waals surface area contributed by atoms with Crippen LogP contribution in [-0.4, -0.2) is 43.8 Å². The lowest BCUT2D eigenvalue weighted by atomic mass is 10.1. The largest absolute Gasteiger partial charge is 0.368 e. The molecule has 0 spiro atoms. The lowest BCUT2D eigenvalue weighted by molar-refractivity contribution is 0.625. The fourth-order valence-corrected chi connectivity index (χ4v) is 3.71. The van der Waals surface area contributed by atoms with Crippen LogP contribution in [0.1, 0.15) is 36.9 Å². The molecule has 0 radical (unpaired) electrons. The Kier molecular flexibility index (Phi) is 6.13. The molecule has 0 aliphatic rings. The highest BCUT2D eigenvalue weighted by molar-refractivity contribution is 7.99. The van der Waals surface area contributed by atoms with Crippen LogP contribution >= 0.6 is 11.8 Å². The number of nitrogens with zero attached hydrogens (tertiary/aromatic N) is 7. The van der Waals surface area contributed by atoms with E-state index in [1.54, 1.807) is 11.8 Å². The fourth-order valence-electron chi connectivity index (χ4n) is 2.79. The van der Waals surface area contributed by atoms with Gasteiger partial charge in [0.15, 0.2) is 11.0 Å². The van der Waals surface area contributed by atoms with Crippen LogP contribution in [0.25, 0.3) is 11.4 Å². The SMILES string of the molecule is CCCn1c(SC(C)c2nc(N)nc(N(C)C)n2)nnc1-c1cccc(C)c1. The summed E-state index contributed by atoms with van der Waals surface area (Å²) < 4.78 is 2.16. The summed E-state index contributed by atoms with van der Waals surface area (Å²) in [5, 5.41) is 9.71. The average molecular weight is 399 g/mol. The van der Waals surface area contributed by atoms with Gasteiger partial charge < -0.3 is 15.2 Å². The molecule has 28 heavy (non-hydrogen) atoms. The van der Waals surface area contributed by atoms with Crippen molar-refractivity contribution in [1.82, 2.24) is 29.7 Å². The maximum Gasteiger partial charge on any atom is 0.229 e. The van der Waals surface area contributed by atoms with Crippen LogP contribution in [-0.2, 0) is 6.54 Å². The summed E-state index contributed by atoms with van der Waals surface area (Å²) in [5.41, 5.74) is 8.14. The van der Waals surface area contributed by atoms with Crippen LogP contribution in [0, 0.1) is 6.92 Å². The minimum absolute atomic E-state index is 0.0471. The summed E-state index contributed by atoms with van der Waals surface area (Å²) in [6.07, 6.45) is 0.988. The quantitative estimate of drug-likeness (QED) is 0.605. The van der Waals surface area contributed by atoms with Gasteiger partial charge in [-0.3, -0.25) is 0 Å². The van der Waals surface area contributed by atoms with Crippen LogP contribution in [0.2, 0.25) is 0 Å². The van der Waals surface area contributed by atoms with E-state index in [0.717, 1.165) is 29.5 Å². The number of anilines is 2. The van der Waals surface area contributed by atoms with Gasteiger partial charge in [0, 0.05) is 26.2 Å². The number of nitrogen functional groups attached to an aromatic ring is 1. The van der Waals surface area contributed by atoms with Crippen LogP contribution in [0.15, 0.2) is 29.4 Å². The van der Waals surface area contributed by atoms with Crippen molar-refractivity contribution in [3.05, 3.63) is 35.7 Å². The third-order valence-corrected chi connectivity index (χ3v) is 5.22. The number of rotatable bonds is 7. The first-order valence-electron chi connectivity index (χ1n) is 9.24. The van der Waals surface area contributed by atoms with Crippen molar-refractivity contribution in [3.8, 4) is 11.4 Å². The zero-order valence-electron chi connectivity index (χ0n) is 16.9. The van der Waals surface area contributed by atoms with E-state index in [4.69, 9.17) is 5.73 Å². The van der Waals surface area contributed by atoms with Gasteiger partial charge in [-0.25, -0.2) is 0 Å². The second kappa shape index (κ2) is 8.55. The van der Waals surface area contributed by atoms with Crippen molar-refractivity contribution in [2.75, 3.05) is 24.7 Å². The summed E-state index contributed by atoms with van der Waals surface area (Å²) in [5.74, 6) is 2.27. The molecular formula is C19H26N8S. The Hall–Kier alpha value is -2.68. The van der Waals surface area contributed by atoms with Crippen LogP contribution in [0.3, 0.4) is 0 Å². The highest BCUT2D eigenvalue weighted by atomic mass is 32.2. The van der Waals surface area contributed by atoms with Gasteiger partial charge in [-0.15, -0.1) is 10.2 Å². The van der Waals surface area contributed by atoms with Crippen molar-refractivity contribution >= 4 is 23.7 Å². The fraction of sp³-hybridized carbons (Fsp3) is 0.421. The highest BCUT2D eigenvalue weighted by Gasteiger charge is 2.20. The van der Waals surface area contributed by atoms with E-state index in [1.165, 1.54) is 5.56 Å². The smallest absolute Gasteiger partial charge is 0.229 e. The van der Waals surface area contributed by atoms with Gasteiger partial charge in [-0.2, -0.15) is 15.0 Å². The first kappa shape index (κ1) is 20.1. The summed E-state index contributed by atoms with van der Waals surface area (Å²) in [6.45, 7) is 7.10. The van der Waals surface area contributed by atoms with Crippen LogP contribution in [0.4, 0.5) is 11.9 Å². The molecule has 148 valence electrons. The normalized spacial score (nSPS) is 12.2. The van der Waals surface area contributed by atoms with E-state index in [-0.39, 0.29) is 11.2 Å². The van der Waals surface area contributed by atoms with Crippen LogP contribution < -0.4 is 10.6 Å². The second-order valence-electron chi connectivity index (χ2n) is 6.83. The molecule has 1 unspecified atom stereocenters. The highest BCUT2D eigenvalue weighted by Crippen LogP contribution is 2.34. The predicted molar refractivity (Wildman–Crippen MR) is 113 cm³/mol. The molecule has 8 nitrogen and oxygen atoms in total. The topological polar surface area (TPSA) is 98.6 Å². The Labute approximate surface area is 169 Å². The number of aryl methyl sites for hydroxylation is 1. The van der Waals surface area contributed by atoms with Crippen molar-refractivity contribution in [2.24, 2.45) is 0 Å². The van der Waals surface area contributed by atoms with Gasteiger partial charge >= 0.3 is 0 Å². The van der Waals surface area contributed by atoms with Crippen molar-refractivity contribution in [1.29, 1.82) is 0 Å². The Balaban J connectivity index is 1.92. The van der Waals surface area contributed by atoms with Gasteiger partial charge in [0.25, 0.3) is 0 Å². The molecule has 0 saturated carbocycles. The van der Waals surface area contributed by atoms with Gasteiger partial charge in [0.1, 0.15) is 5.82 Å². The molecule has 0 aliphatic carbocycles. The second-order valence-corrected chi connectivity index (χ2v) is 8.14. The molecule has 1 aromatic carbocycles. The number of thioether (sulfide) groups is 1. The molecule has 2 aromatic heterocycles. The van der Waals surface area contributed by atoms with Crippen LogP contribution in [0.5, 0.6) is 0 Å². The van der Waals surface area contributed by atoms with E-state index in [0.29, 0.717) is 11.8 Å². The molecule has 2 heterocycles. The van der Waals surface area contributed by atoms with Crippen molar-refractivity contribution in [2.45, 2.75) is 44.1 Å². The predicted octanol–water partition coefficient (Wildman–Crippen LogP) is 3.35. The molecule has 1 atom stereocenters. The number of hydrogen-bond acceptors (Lipinski definition) is 8. The molecule has 0 bridgehead atoms. The van der Waals surface area contributed by atoms with Crippen molar-refractivity contribution in [3.63, 3.8) is 0 Å². The summed E-state index contributed by atoms with van der Waals surface area (Å²) in [6, 6.07) is 8.32. The van der Waals surface area contributed by atoms with E-state index in [2.05, 4.69) is 61.8 Å². The molecule has 2 N–H and O–H groups in total. The molecule has 3 aromatic rings. The van der Waals surface area contributed by atoms with Crippen molar-refractivity contribution < 1.29 is 0 Å². The lowest BCUT2D eigenvalue weighted by Crippen LogP contribution is -2.16. The number of nitrogens with two attached hydrogens (primary N) is 1. The molecule has 0 fully saturated rings. The Morgan fingerprint density at radius 3 is 2.64 bits per heavy atom. The van der Waals surface area contributed by atoms with Gasteiger partial charge in [0.05, 0.1) is 5.25 Å². The summed E-state index contributed by atoms with van der Waals surface area (Å²) in [4.78, 5) is 14.8. The summed E-state index contributed by atoms with van der Waals surface area (Å²) in [7, 11) is 3.75. The van der Waals surface area contributed by atoms with E-state index in [9.17, 15) is 0 Å². The molecule has 3 rings (SSSR count). The molecule has 0 amide bonds. The van der Waals surface area contributed by atoms with E-state index < -0.39 is 0 Å².